The second kappa shape index (κ2) is 5.28. The average Bonchev–Trinajstić information content (AvgIpc) is 2.31. The van der Waals surface area contributed by atoms with Gasteiger partial charge in [-0.25, -0.2) is 0 Å². The number of amides is 1. The van der Waals surface area contributed by atoms with E-state index < -0.39 is 10.9 Å². The van der Waals surface area contributed by atoms with E-state index in [9.17, 15) is 19.7 Å². The van der Waals surface area contributed by atoms with Gasteiger partial charge in [-0.1, -0.05) is 0 Å². The minimum absolute atomic E-state index is 0.0314. The number of nitrogens with zero attached hydrogens (tertiary/aromatic N) is 1. The minimum atomic E-state index is -0.846. The van der Waals surface area contributed by atoms with Crippen molar-refractivity contribution in [2.75, 3.05) is 0 Å². The zero-order valence-electron chi connectivity index (χ0n) is 10.8. The van der Waals surface area contributed by atoms with Crippen LogP contribution < -0.4 is 5.32 Å². The summed E-state index contributed by atoms with van der Waals surface area (Å²) in [6.45, 7) is 1.57. The van der Waals surface area contributed by atoms with Crippen LogP contribution in [0.5, 0.6) is 0 Å². The van der Waals surface area contributed by atoms with E-state index in [1.54, 1.807) is 6.92 Å². The van der Waals surface area contributed by atoms with Gasteiger partial charge < -0.3 is 10.4 Å². The van der Waals surface area contributed by atoms with Crippen LogP contribution in [0.2, 0.25) is 0 Å². The SMILES string of the molecule is Cc1cc(C(=O)NC2CC(C(=O)O)C2)ccc1[N+](=O)[O-]. The summed E-state index contributed by atoms with van der Waals surface area (Å²) in [6.07, 6.45) is 0.847. The highest BCUT2D eigenvalue weighted by Gasteiger charge is 2.35. The second-order valence-electron chi connectivity index (χ2n) is 4.94. The molecule has 1 amide bonds. The first-order chi connectivity index (χ1) is 9.38. The van der Waals surface area contributed by atoms with E-state index >= 15 is 0 Å². The Balaban J connectivity index is 1.99. The van der Waals surface area contributed by atoms with E-state index in [2.05, 4.69) is 5.32 Å². The molecule has 20 heavy (non-hydrogen) atoms. The Hall–Kier alpha value is -2.44. The molecular weight excluding hydrogens is 264 g/mol. The standard InChI is InChI=1S/C13H14N2O5/c1-7-4-8(2-3-11(7)15(19)20)12(16)14-10-5-9(6-10)13(17)18/h2-4,9-10H,5-6H2,1H3,(H,14,16)(H,17,18). The minimum Gasteiger partial charge on any atom is -0.481 e. The van der Waals surface area contributed by atoms with Crippen LogP contribution in [0.25, 0.3) is 0 Å². The molecule has 1 fully saturated rings. The van der Waals surface area contributed by atoms with E-state index in [0.29, 0.717) is 24.0 Å². The zero-order chi connectivity index (χ0) is 14.9. The van der Waals surface area contributed by atoms with E-state index in [1.807, 2.05) is 0 Å². The Labute approximate surface area is 114 Å². The molecule has 0 aliphatic heterocycles. The number of rotatable bonds is 4. The molecule has 1 aromatic carbocycles. The molecule has 0 heterocycles. The highest BCUT2D eigenvalue weighted by atomic mass is 16.6. The molecule has 106 valence electrons. The quantitative estimate of drug-likeness (QED) is 0.640. The van der Waals surface area contributed by atoms with Gasteiger partial charge in [0.15, 0.2) is 0 Å². The van der Waals surface area contributed by atoms with E-state index in [4.69, 9.17) is 5.11 Å². The van der Waals surface area contributed by atoms with E-state index in [-0.39, 0.29) is 23.6 Å². The van der Waals surface area contributed by atoms with Crippen LogP contribution in [-0.4, -0.2) is 27.9 Å². The Bertz CT molecular complexity index is 578. The maximum absolute atomic E-state index is 11.9. The van der Waals surface area contributed by atoms with Crippen molar-refractivity contribution in [2.24, 2.45) is 5.92 Å². The number of nitro benzene ring substituents is 1. The van der Waals surface area contributed by atoms with Crippen LogP contribution in [0.3, 0.4) is 0 Å². The molecule has 0 atom stereocenters. The summed E-state index contributed by atoms with van der Waals surface area (Å²) in [7, 11) is 0. The van der Waals surface area contributed by atoms with Gasteiger partial charge >= 0.3 is 5.97 Å². The van der Waals surface area contributed by atoms with Crippen molar-refractivity contribution in [1.29, 1.82) is 0 Å². The van der Waals surface area contributed by atoms with Crippen molar-refractivity contribution < 1.29 is 19.6 Å². The number of benzene rings is 1. The molecule has 0 unspecified atom stereocenters. The van der Waals surface area contributed by atoms with Gasteiger partial charge in [0.25, 0.3) is 11.6 Å². The normalized spacial score (nSPS) is 20.9. The molecule has 0 saturated heterocycles. The van der Waals surface area contributed by atoms with Gasteiger partial charge in [0.1, 0.15) is 0 Å². The number of hydrogen-bond acceptors (Lipinski definition) is 4. The van der Waals surface area contributed by atoms with Crippen LogP contribution in [0.4, 0.5) is 5.69 Å². The first kappa shape index (κ1) is 14.0. The Morgan fingerprint density at radius 2 is 2.05 bits per heavy atom. The van der Waals surface area contributed by atoms with E-state index in [1.165, 1.54) is 18.2 Å². The predicted octanol–water partition coefficient (Wildman–Crippen LogP) is 1.50. The number of carboxylic acids is 1. The lowest BCUT2D eigenvalue weighted by atomic mass is 9.80. The first-order valence-corrected chi connectivity index (χ1v) is 6.17. The van der Waals surface area contributed by atoms with Crippen LogP contribution in [0.1, 0.15) is 28.8 Å². The molecule has 7 heteroatoms. The third-order valence-electron chi connectivity index (χ3n) is 3.48. The molecule has 1 aliphatic carbocycles. The molecular formula is C13H14N2O5. The molecule has 0 bridgehead atoms. The summed E-state index contributed by atoms with van der Waals surface area (Å²) in [5.41, 5.74) is 0.725. The first-order valence-electron chi connectivity index (χ1n) is 6.17. The molecule has 0 radical (unpaired) electrons. The molecule has 1 aromatic rings. The monoisotopic (exact) mass is 278 g/mol. The van der Waals surface area contributed by atoms with Crippen molar-refractivity contribution in [3.8, 4) is 0 Å². The van der Waals surface area contributed by atoms with Crippen molar-refractivity contribution in [2.45, 2.75) is 25.8 Å². The Kier molecular flexibility index (Phi) is 3.69. The highest BCUT2D eigenvalue weighted by molar-refractivity contribution is 5.95. The molecule has 1 aliphatic rings. The summed E-state index contributed by atoms with van der Waals surface area (Å²) in [6, 6.07) is 4.01. The zero-order valence-corrected chi connectivity index (χ0v) is 10.8. The summed E-state index contributed by atoms with van der Waals surface area (Å²) in [5, 5.41) is 22.2. The number of carbonyl (C=O) groups excluding carboxylic acids is 1. The summed E-state index contributed by atoms with van der Waals surface area (Å²) >= 11 is 0. The topological polar surface area (TPSA) is 110 Å². The number of aryl methyl sites for hydroxylation is 1. The summed E-state index contributed by atoms with van der Waals surface area (Å²) in [4.78, 5) is 32.8. The van der Waals surface area contributed by atoms with E-state index in [0.717, 1.165) is 0 Å². The predicted molar refractivity (Wildman–Crippen MR) is 69.4 cm³/mol. The Morgan fingerprint density at radius 1 is 1.40 bits per heavy atom. The number of aliphatic carboxylic acids is 1. The second-order valence-corrected chi connectivity index (χ2v) is 4.94. The maximum atomic E-state index is 11.9. The molecule has 2 rings (SSSR count). The molecule has 0 aromatic heterocycles. The average molecular weight is 278 g/mol. The maximum Gasteiger partial charge on any atom is 0.306 e. The molecule has 1 saturated carbocycles. The van der Waals surface area contributed by atoms with Gasteiger partial charge in [-0.05, 0) is 31.9 Å². The lowest BCUT2D eigenvalue weighted by Gasteiger charge is -2.32. The fraction of sp³-hybridized carbons (Fsp3) is 0.385. The van der Waals surface area contributed by atoms with Crippen molar-refractivity contribution >= 4 is 17.6 Å². The lowest BCUT2D eigenvalue weighted by molar-refractivity contribution is -0.385. The molecule has 2 N–H and O–H groups in total. The largest absolute Gasteiger partial charge is 0.481 e. The Morgan fingerprint density at radius 3 is 2.55 bits per heavy atom. The number of carboxylic acid groups (broad SMARTS) is 1. The van der Waals surface area contributed by atoms with Gasteiger partial charge in [0.2, 0.25) is 0 Å². The van der Waals surface area contributed by atoms with Crippen LogP contribution in [-0.2, 0) is 4.79 Å². The fourth-order valence-corrected chi connectivity index (χ4v) is 2.21. The van der Waals surface area contributed by atoms with Gasteiger partial charge in [0.05, 0.1) is 10.8 Å². The molecule has 0 spiro atoms. The van der Waals surface area contributed by atoms with Crippen LogP contribution in [0.15, 0.2) is 18.2 Å². The highest BCUT2D eigenvalue weighted by Crippen LogP contribution is 2.28. The van der Waals surface area contributed by atoms with Crippen LogP contribution >= 0.6 is 0 Å². The third-order valence-corrected chi connectivity index (χ3v) is 3.48. The fourth-order valence-electron chi connectivity index (χ4n) is 2.21. The van der Waals surface area contributed by atoms with Crippen LogP contribution in [0, 0.1) is 23.0 Å². The van der Waals surface area contributed by atoms with Crippen molar-refractivity contribution in [3.05, 3.63) is 39.4 Å². The van der Waals surface area contributed by atoms with Gasteiger partial charge in [-0.15, -0.1) is 0 Å². The van der Waals surface area contributed by atoms with Gasteiger partial charge in [-0.3, -0.25) is 19.7 Å². The number of nitrogens with one attached hydrogen (secondary N) is 1. The van der Waals surface area contributed by atoms with Gasteiger partial charge in [-0.2, -0.15) is 0 Å². The van der Waals surface area contributed by atoms with Gasteiger partial charge in [0, 0.05) is 23.2 Å². The smallest absolute Gasteiger partial charge is 0.306 e. The number of carbonyl (C=O) groups is 2. The summed E-state index contributed by atoms with van der Waals surface area (Å²) in [5.74, 6) is -1.57. The third kappa shape index (κ3) is 2.76. The van der Waals surface area contributed by atoms with Crippen molar-refractivity contribution in [1.82, 2.24) is 5.32 Å². The van der Waals surface area contributed by atoms with Crippen molar-refractivity contribution in [3.63, 3.8) is 0 Å². The summed E-state index contributed by atoms with van der Waals surface area (Å²) < 4.78 is 0. The molecule has 7 nitrogen and oxygen atoms in total. The lowest BCUT2D eigenvalue weighted by Crippen LogP contribution is -2.46. The number of hydrogen-bond donors (Lipinski definition) is 2. The number of nitro groups is 1.